The molecule has 17 heavy (non-hydrogen) atoms. The van der Waals surface area contributed by atoms with Gasteiger partial charge in [-0.05, 0) is 11.5 Å². The molecule has 90 valence electrons. The molecule has 0 saturated heterocycles. The number of nitrogen functional groups attached to an aromatic ring is 1. The summed E-state index contributed by atoms with van der Waals surface area (Å²) >= 11 is 1.35. The average molecular weight is 252 g/mol. The first kappa shape index (κ1) is 10.3. The molecule has 7 nitrogen and oxygen atoms in total. The summed E-state index contributed by atoms with van der Waals surface area (Å²) in [6, 6.07) is 0. The molecular weight excluding hydrogens is 240 g/mol. The van der Waals surface area contributed by atoms with E-state index in [0.29, 0.717) is 18.1 Å². The van der Waals surface area contributed by atoms with E-state index in [2.05, 4.69) is 19.5 Å². The molecule has 2 N–H and O–H groups in total. The molecule has 8 heteroatoms. The quantitative estimate of drug-likeness (QED) is 0.830. The Morgan fingerprint density at radius 1 is 1.47 bits per heavy atom. The molecule has 0 fully saturated rings. The second kappa shape index (κ2) is 3.88. The van der Waals surface area contributed by atoms with Crippen LogP contribution in [0.5, 0.6) is 5.75 Å². The van der Waals surface area contributed by atoms with Crippen molar-refractivity contribution >= 4 is 22.4 Å². The maximum Gasteiger partial charge on any atom is 0.197 e. The molecule has 0 amide bonds. The van der Waals surface area contributed by atoms with Crippen molar-refractivity contribution in [1.29, 1.82) is 0 Å². The monoisotopic (exact) mass is 252 g/mol. The van der Waals surface area contributed by atoms with Gasteiger partial charge in [0.25, 0.3) is 0 Å². The molecule has 0 aromatic carbocycles. The zero-order chi connectivity index (χ0) is 11.8. The van der Waals surface area contributed by atoms with Gasteiger partial charge in [0.05, 0.1) is 13.7 Å². The largest absolute Gasteiger partial charge is 0.490 e. The van der Waals surface area contributed by atoms with E-state index in [9.17, 15) is 0 Å². The second-order valence-corrected chi connectivity index (χ2v) is 4.52. The van der Waals surface area contributed by atoms with Gasteiger partial charge >= 0.3 is 0 Å². The maximum absolute atomic E-state index is 5.75. The van der Waals surface area contributed by atoms with Gasteiger partial charge in [-0.1, -0.05) is 0 Å². The fourth-order valence-electron chi connectivity index (χ4n) is 1.92. The van der Waals surface area contributed by atoms with Crippen LogP contribution in [0.25, 0.3) is 0 Å². The Balaban J connectivity index is 1.91. The van der Waals surface area contributed by atoms with Gasteiger partial charge < -0.3 is 19.9 Å². The predicted octanol–water partition coefficient (Wildman–Crippen LogP) is 0.346. The zero-order valence-electron chi connectivity index (χ0n) is 9.33. The van der Waals surface area contributed by atoms with Crippen LogP contribution < -0.4 is 15.4 Å². The Bertz CT molecular complexity index is 535. The van der Waals surface area contributed by atoms with Gasteiger partial charge in [-0.2, -0.15) is 4.37 Å². The molecule has 0 bridgehead atoms. The fraction of sp³-hybridized carbons (Fsp3) is 0.444. The van der Waals surface area contributed by atoms with Crippen molar-refractivity contribution in [2.45, 2.75) is 13.1 Å². The van der Waals surface area contributed by atoms with Crippen molar-refractivity contribution in [2.24, 2.45) is 0 Å². The Labute approximate surface area is 102 Å². The fourth-order valence-corrected chi connectivity index (χ4v) is 2.73. The highest BCUT2D eigenvalue weighted by Crippen LogP contribution is 2.39. The number of rotatable bonds is 2. The van der Waals surface area contributed by atoms with E-state index >= 15 is 0 Å². The van der Waals surface area contributed by atoms with Crippen molar-refractivity contribution in [3.63, 3.8) is 0 Å². The van der Waals surface area contributed by atoms with Crippen molar-refractivity contribution in [2.75, 3.05) is 24.3 Å². The average Bonchev–Trinajstić information content (AvgIpc) is 2.93. The van der Waals surface area contributed by atoms with Crippen LogP contribution in [0.3, 0.4) is 0 Å². The van der Waals surface area contributed by atoms with E-state index in [1.54, 1.807) is 13.4 Å². The van der Waals surface area contributed by atoms with E-state index in [1.807, 2.05) is 4.57 Å². The lowest BCUT2D eigenvalue weighted by Crippen LogP contribution is -2.33. The molecule has 1 aliphatic rings. The number of fused-ring (bicyclic) bond motifs is 1. The van der Waals surface area contributed by atoms with Crippen LogP contribution in [0.1, 0.15) is 5.82 Å². The van der Waals surface area contributed by atoms with Gasteiger partial charge in [-0.15, -0.1) is 10.2 Å². The molecule has 3 rings (SSSR count). The van der Waals surface area contributed by atoms with Crippen LogP contribution in [0.2, 0.25) is 0 Å². The summed E-state index contributed by atoms with van der Waals surface area (Å²) in [5.74, 6) is 2.05. The molecule has 0 radical (unpaired) electrons. The molecule has 2 aromatic heterocycles. The Hall–Kier alpha value is -1.83. The summed E-state index contributed by atoms with van der Waals surface area (Å²) in [6.45, 7) is 2.45. The first-order valence-electron chi connectivity index (χ1n) is 5.20. The first-order chi connectivity index (χ1) is 8.29. The summed E-state index contributed by atoms with van der Waals surface area (Å²) in [4.78, 5) is 2.16. The van der Waals surface area contributed by atoms with Crippen molar-refractivity contribution < 1.29 is 4.74 Å². The standard InChI is InChI=1S/C9H12N6OS/c1-16-7-8(10)13-17-9(7)14-2-3-15-5-11-12-6(15)4-14/h5H,2-4H2,1H3,(H2,10,13). The summed E-state index contributed by atoms with van der Waals surface area (Å²) in [7, 11) is 1.61. The number of ether oxygens (including phenoxy) is 1. The molecule has 3 heterocycles. The molecule has 0 aliphatic carbocycles. The Morgan fingerprint density at radius 3 is 3.18 bits per heavy atom. The smallest absolute Gasteiger partial charge is 0.197 e. The van der Waals surface area contributed by atoms with Crippen molar-refractivity contribution in [3.05, 3.63) is 12.2 Å². The number of hydrogen-bond acceptors (Lipinski definition) is 7. The van der Waals surface area contributed by atoms with Gasteiger partial charge in [0.15, 0.2) is 22.4 Å². The van der Waals surface area contributed by atoms with Crippen LogP contribution in [0.4, 0.5) is 10.8 Å². The predicted molar refractivity (Wildman–Crippen MR) is 64.2 cm³/mol. The van der Waals surface area contributed by atoms with E-state index in [4.69, 9.17) is 10.5 Å². The summed E-state index contributed by atoms with van der Waals surface area (Å²) in [5.41, 5.74) is 5.75. The van der Waals surface area contributed by atoms with Gasteiger partial charge in [0.1, 0.15) is 6.33 Å². The Kier molecular flexibility index (Phi) is 2.36. The van der Waals surface area contributed by atoms with E-state index in [1.165, 1.54) is 11.5 Å². The minimum atomic E-state index is 0.444. The third-order valence-corrected chi connectivity index (χ3v) is 3.69. The van der Waals surface area contributed by atoms with Crippen molar-refractivity contribution in [3.8, 4) is 5.75 Å². The lowest BCUT2D eigenvalue weighted by Gasteiger charge is -2.27. The van der Waals surface area contributed by atoms with E-state index in [-0.39, 0.29) is 0 Å². The lowest BCUT2D eigenvalue weighted by atomic mass is 10.3. The minimum Gasteiger partial charge on any atom is -0.490 e. The van der Waals surface area contributed by atoms with Crippen LogP contribution in [-0.2, 0) is 13.1 Å². The molecular formula is C9H12N6OS. The van der Waals surface area contributed by atoms with E-state index < -0.39 is 0 Å². The van der Waals surface area contributed by atoms with Crippen LogP contribution in [-0.4, -0.2) is 32.8 Å². The molecule has 0 atom stereocenters. The van der Waals surface area contributed by atoms with Crippen molar-refractivity contribution in [1.82, 2.24) is 19.1 Å². The highest BCUT2D eigenvalue weighted by atomic mass is 32.1. The van der Waals surface area contributed by atoms with E-state index in [0.717, 1.165) is 23.9 Å². The van der Waals surface area contributed by atoms with Gasteiger partial charge in [-0.25, -0.2) is 0 Å². The molecule has 0 saturated carbocycles. The topological polar surface area (TPSA) is 82.1 Å². The van der Waals surface area contributed by atoms with Crippen LogP contribution in [0.15, 0.2) is 6.33 Å². The number of anilines is 2. The SMILES string of the molecule is COc1c(N)nsc1N1CCn2cnnc2C1. The highest BCUT2D eigenvalue weighted by molar-refractivity contribution is 7.11. The van der Waals surface area contributed by atoms with Crippen LogP contribution in [0, 0.1) is 0 Å². The summed E-state index contributed by atoms with van der Waals surface area (Å²) in [5, 5.41) is 8.93. The molecule has 0 unspecified atom stereocenters. The highest BCUT2D eigenvalue weighted by Gasteiger charge is 2.23. The lowest BCUT2D eigenvalue weighted by molar-refractivity contribution is 0.416. The first-order valence-corrected chi connectivity index (χ1v) is 5.97. The summed E-state index contributed by atoms with van der Waals surface area (Å²) < 4.78 is 11.4. The number of aromatic nitrogens is 4. The van der Waals surface area contributed by atoms with Gasteiger partial charge in [-0.3, -0.25) is 0 Å². The van der Waals surface area contributed by atoms with Crippen LogP contribution >= 0.6 is 11.5 Å². The molecule has 1 aliphatic heterocycles. The molecule has 0 spiro atoms. The van der Waals surface area contributed by atoms with Gasteiger partial charge in [0, 0.05) is 13.1 Å². The third-order valence-electron chi connectivity index (χ3n) is 2.79. The summed E-state index contributed by atoms with van der Waals surface area (Å²) in [6.07, 6.45) is 1.75. The van der Waals surface area contributed by atoms with Gasteiger partial charge in [0.2, 0.25) is 0 Å². The zero-order valence-corrected chi connectivity index (χ0v) is 10.1. The third kappa shape index (κ3) is 1.60. The number of nitrogens with two attached hydrogens (primary N) is 1. The minimum absolute atomic E-state index is 0.444. The number of methoxy groups -OCH3 is 1. The normalized spacial score (nSPS) is 14.8. The molecule has 2 aromatic rings. The maximum atomic E-state index is 5.75. The number of hydrogen-bond donors (Lipinski definition) is 1. The number of nitrogens with zero attached hydrogens (tertiary/aromatic N) is 5. The Morgan fingerprint density at radius 2 is 2.35 bits per heavy atom. The second-order valence-electron chi connectivity index (χ2n) is 3.77.